The Bertz CT molecular complexity index is 862. The molecule has 1 unspecified atom stereocenters. The third kappa shape index (κ3) is 3.17. The minimum atomic E-state index is -0.135. The van der Waals surface area contributed by atoms with E-state index in [2.05, 4.69) is 21.6 Å². The monoisotopic (exact) mass is 349 g/mol. The number of anilines is 2. The van der Waals surface area contributed by atoms with Gasteiger partial charge in [0.15, 0.2) is 0 Å². The lowest BCUT2D eigenvalue weighted by Gasteiger charge is -2.41. The van der Waals surface area contributed by atoms with Gasteiger partial charge in [-0.3, -0.25) is 9.59 Å². The number of nitrogens with zero attached hydrogens (tertiary/aromatic N) is 1. The van der Waals surface area contributed by atoms with Gasteiger partial charge in [-0.1, -0.05) is 29.8 Å². The quantitative estimate of drug-likeness (QED) is 0.894. The van der Waals surface area contributed by atoms with E-state index in [0.717, 1.165) is 42.7 Å². The van der Waals surface area contributed by atoms with Gasteiger partial charge in [-0.25, -0.2) is 0 Å². The number of nitrogens with one attached hydrogen (secondary N) is 2. The second kappa shape index (κ2) is 6.83. The van der Waals surface area contributed by atoms with Gasteiger partial charge >= 0.3 is 0 Å². The molecule has 1 fully saturated rings. The number of benzene rings is 2. The average molecular weight is 349 g/mol. The fourth-order valence-corrected chi connectivity index (χ4v) is 3.84. The normalized spacial score (nSPS) is 18.6. The number of rotatable bonds is 3. The Morgan fingerprint density at radius 2 is 2.12 bits per heavy atom. The van der Waals surface area contributed by atoms with E-state index < -0.39 is 0 Å². The molecule has 5 heteroatoms. The largest absolute Gasteiger partial charge is 0.358 e. The molecule has 2 N–H and O–H groups in total. The highest BCUT2D eigenvalue weighted by Gasteiger charge is 2.34. The van der Waals surface area contributed by atoms with Crippen molar-refractivity contribution >= 4 is 23.2 Å². The minimum absolute atomic E-state index is 0.0366. The van der Waals surface area contributed by atoms with Gasteiger partial charge in [0, 0.05) is 18.7 Å². The van der Waals surface area contributed by atoms with Gasteiger partial charge in [-0.15, -0.1) is 0 Å². The SMILES string of the molecule is Cc1cccc(CNC(=O)c2ccc3c(c2)NC(=O)C2CCCCN32)c1. The van der Waals surface area contributed by atoms with E-state index in [9.17, 15) is 9.59 Å². The maximum atomic E-state index is 12.5. The fourth-order valence-electron chi connectivity index (χ4n) is 3.84. The van der Waals surface area contributed by atoms with Gasteiger partial charge in [0.25, 0.3) is 5.91 Å². The van der Waals surface area contributed by atoms with Crippen molar-refractivity contribution in [1.29, 1.82) is 0 Å². The van der Waals surface area contributed by atoms with Crippen LogP contribution in [0, 0.1) is 6.92 Å². The number of carbonyl (C=O) groups excluding carboxylic acids is 2. The van der Waals surface area contributed by atoms with Crippen molar-refractivity contribution in [2.24, 2.45) is 0 Å². The maximum absolute atomic E-state index is 12.5. The molecule has 2 aromatic carbocycles. The van der Waals surface area contributed by atoms with Crippen LogP contribution < -0.4 is 15.5 Å². The summed E-state index contributed by atoms with van der Waals surface area (Å²) in [6.07, 6.45) is 3.08. The van der Waals surface area contributed by atoms with E-state index in [1.807, 2.05) is 37.3 Å². The molecule has 5 nitrogen and oxygen atoms in total. The fraction of sp³-hybridized carbons (Fsp3) is 0.333. The van der Waals surface area contributed by atoms with Crippen LogP contribution in [0.3, 0.4) is 0 Å². The molecule has 2 amide bonds. The van der Waals surface area contributed by atoms with Gasteiger partial charge in [0.2, 0.25) is 5.91 Å². The highest BCUT2D eigenvalue weighted by atomic mass is 16.2. The van der Waals surface area contributed by atoms with Crippen LogP contribution in [0.2, 0.25) is 0 Å². The van der Waals surface area contributed by atoms with Crippen molar-refractivity contribution in [2.75, 3.05) is 16.8 Å². The van der Waals surface area contributed by atoms with Crippen molar-refractivity contribution in [3.8, 4) is 0 Å². The summed E-state index contributed by atoms with van der Waals surface area (Å²) in [6, 6.07) is 13.6. The molecule has 1 saturated heterocycles. The molecule has 0 radical (unpaired) electrons. The van der Waals surface area contributed by atoms with Crippen LogP contribution in [0.25, 0.3) is 0 Å². The molecule has 0 spiro atoms. The van der Waals surface area contributed by atoms with Gasteiger partial charge in [0.1, 0.15) is 6.04 Å². The number of amides is 2. The average Bonchev–Trinajstić information content (AvgIpc) is 2.66. The number of piperidine rings is 1. The number of hydrogen-bond acceptors (Lipinski definition) is 3. The molecule has 0 bridgehead atoms. The first-order valence-corrected chi connectivity index (χ1v) is 9.17. The van der Waals surface area contributed by atoms with Crippen LogP contribution in [0.1, 0.15) is 40.7 Å². The number of fused-ring (bicyclic) bond motifs is 3. The van der Waals surface area contributed by atoms with Crippen LogP contribution in [-0.2, 0) is 11.3 Å². The Hall–Kier alpha value is -2.82. The van der Waals surface area contributed by atoms with E-state index in [-0.39, 0.29) is 17.9 Å². The van der Waals surface area contributed by atoms with Crippen molar-refractivity contribution in [1.82, 2.24) is 5.32 Å². The topological polar surface area (TPSA) is 61.4 Å². The van der Waals surface area contributed by atoms with E-state index >= 15 is 0 Å². The molecule has 2 aromatic rings. The zero-order chi connectivity index (χ0) is 18.1. The summed E-state index contributed by atoms with van der Waals surface area (Å²) in [7, 11) is 0. The first-order chi connectivity index (χ1) is 12.6. The molecule has 2 heterocycles. The Morgan fingerprint density at radius 1 is 1.23 bits per heavy atom. The highest BCUT2D eigenvalue weighted by molar-refractivity contribution is 6.05. The molecule has 2 aliphatic heterocycles. The van der Waals surface area contributed by atoms with Gasteiger partial charge in [0.05, 0.1) is 11.4 Å². The minimum Gasteiger partial charge on any atom is -0.358 e. The van der Waals surface area contributed by atoms with Gasteiger partial charge in [-0.2, -0.15) is 0 Å². The lowest BCUT2D eigenvalue weighted by molar-refractivity contribution is -0.118. The number of carbonyl (C=O) groups is 2. The lowest BCUT2D eigenvalue weighted by Crippen LogP contribution is -2.50. The summed E-state index contributed by atoms with van der Waals surface area (Å²) in [6.45, 7) is 3.41. The highest BCUT2D eigenvalue weighted by Crippen LogP contribution is 2.36. The van der Waals surface area contributed by atoms with Crippen LogP contribution in [0.5, 0.6) is 0 Å². The van der Waals surface area contributed by atoms with Crippen LogP contribution in [0.4, 0.5) is 11.4 Å². The van der Waals surface area contributed by atoms with Crippen LogP contribution >= 0.6 is 0 Å². The Balaban J connectivity index is 1.51. The summed E-state index contributed by atoms with van der Waals surface area (Å²) in [5.41, 5.74) is 4.55. The van der Waals surface area contributed by atoms with E-state index in [0.29, 0.717) is 12.1 Å². The lowest BCUT2D eigenvalue weighted by atomic mass is 9.97. The smallest absolute Gasteiger partial charge is 0.251 e. The van der Waals surface area contributed by atoms with E-state index in [1.54, 1.807) is 6.07 Å². The first kappa shape index (κ1) is 16.6. The molecule has 1 atom stereocenters. The molecule has 134 valence electrons. The molecule has 0 aliphatic carbocycles. The standard InChI is InChI=1S/C21H23N3O2/c1-14-5-4-6-15(11-14)13-22-20(25)16-8-9-18-17(12-16)23-21(26)19-7-2-3-10-24(18)19/h4-6,8-9,11-12,19H,2-3,7,10,13H2,1H3,(H,22,25)(H,23,26). The maximum Gasteiger partial charge on any atom is 0.251 e. The zero-order valence-electron chi connectivity index (χ0n) is 14.9. The first-order valence-electron chi connectivity index (χ1n) is 9.17. The molecule has 2 aliphatic rings. The van der Waals surface area contributed by atoms with Crippen molar-refractivity contribution < 1.29 is 9.59 Å². The molecule has 26 heavy (non-hydrogen) atoms. The molecule has 0 aromatic heterocycles. The second-order valence-corrected chi connectivity index (χ2v) is 7.10. The third-order valence-electron chi connectivity index (χ3n) is 5.17. The summed E-state index contributed by atoms with van der Waals surface area (Å²) >= 11 is 0. The van der Waals surface area contributed by atoms with Crippen LogP contribution in [-0.4, -0.2) is 24.4 Å². The predicted molar refractivity (Wildman–Crippen MR) is 102 cm³/mol. The Labute approximate surface area is 153 Å². The molecular formula is C21H23N3O2. The Morgan fingerprint density at radius 3 is 2.96 bits per heavy atom. The molecular weight excluding hydrogens is 326 g/mol. The zero-order valence-corrected chi connectivity index (χ0v) is 14.9. The van der Waals surface area contributed by atoms with Crippen LogP contribution in [0.15, 0.2) is 42.5 Å². The van der Waals surface area contributed by atoms with Crippen molar-refractivity contribution in [3.63, 3.8) is 0 Å². The predicted octanol–water partition coefficient (Wildman–Crippen LogP) is 3.24. The summed E-state index contributed by atoms with van der Waals surface area (Å²) in [4.78, 5) is 27.0. The second-order valence-electron chi connectivity index (χ2n) is 7.10. The van der Waals surface area contributed by atoms with Gasteiger partial charge < -0.3 is 15.5 Å². The van der Waals surface area contributed by atoms with Crippen molar-refractivity contribution in [2.45, 2.75) is 38.8 Å². The van der Waals surface area contributed by atoms with Crippen molar-refractivity contribution in [3.05, 3.63) is 59.2 Å². The number of aryl methyl sites for hydroxylation is 1. The molecule has 4 rings (SSSR count). The summed E-state index contributed by atoms with van der Waals surface area (Å²) in [5, 5.41) is 5.93. The van der Waals surface area contributed by atoms with E-state index in [1.165, 1.54) is 5.56 Å². The Kier molecular flexibility index (Phi) is 4.37. The van der Waals surface area contributed by atoms with E-state index in [4.69, 9.17) is 0 Å². The summed E-state index contributed by atoms with van der Waals surface area (Å²) in [5.74, 6) is -0.0983. The number of hydrogen-bond donors (Lipinski definition) is 2. The summed E-state index contributed by atoms with van der Waals surface area (Å²) < 4.78 is 0. The molecule has 0 saturated carbocycles. The van der Waals surface area contributed by atoms with Gasteiger partial charge in [-0.05, 0) is 49.9 Å². The third-order valence-corrected chi connectivity index (χ3v) is 5.17.